The van der Waals surface area contributed by atoms with Crippen LogP contribution in [0.2, 0.25) is 0 Å². The average molecular weight is 592 g/mol. The van der Waals surface area contributed by atoms with Crippen molar-refractivity contribution < 1.29 is 29.0 Å². The van der Waals surface area contributed by atoms with E-state index in [-0.39, 0.29) is 71.8 Å². The van der Waals surface area contributed by atoms with Crippen LogP contribution in [0.1, 0.15) is 33.6 Å². The SMILES string of the molecule is C[C@H](CC(=O)N1C(C(=O)O)=C(S[C@@H]2CN[C@H](C(=O)N3CCO[C@H]4CNC[C@H]43)C2)[C@H](C)[C@@H]1C)NC(=O)Cn1cnnn1. The molecule has 4 N–H and O–H groups in total. The lowest BCUT2D eigenvalue weighted by molar-refractivity contribution is -0.144. The Morgan fingerprint density at radius 1 is 1.24 bits per heavy atom. The number of hydrogen-bond acceptors (Lipinski definition) is 11. The molecular formula is C25H37N9O6S. The van der Waals surface area contributed by atoms with E-state index in [0.29, 0.717) is 31.0 Å². The Bertz CT molecular complexity index is 1200. The van der Waals surface area contributed by atoms with Crippen LogP contribution in [0.3, 0.4) is 0 Å². The van der Waals surface area contributed by atoms with E-state index in [0.717, 1.165) is 13.1 Å². The van der Waals surface area contributed by atoms with Gasteiger partial charge in [-0.05, 0) is 30.7 Å². The quantitative estimate of drug-likeness (QED) is 0.258. The number of carboxylic acid groups (broad SMARTS) is 1. The Morgan fingerprint density at radius 3 is 2.78 bits per heavy atom. The molecule has 41 heavy (non-hydrogen) atoms. The van der Waals surface area contributed by atoms with E-state index in [9.17, 15) is 24.3 Å². The van der Waals surface area contributed by atoms with Crippen LogP contribution in [0.5, 0.6) is 0 Å². The minimum atomic E-state index is -1.17. The maximum absolute atomic E-state index is 13.4. The highest BCUT2D eigenvalue weighted by molar-refractivity contribution is 8.03. The molecule has 16 heteroatoms. The van der Waals surface area contributed by atoms with E-state index in [1.54, 1.807) is 6.92 Å². The number of hydrogen-bond donors (Lipinski definition) is 4. The lowest BCUT2D eigenvalue weighted by Gasteiger charge is -2.38. The number of fused-ring (bicyclic) bond motifs is 1. The third kappa shape index (κ3) is 6.24. The molecule has 0 bridgehead atoms. The van der Waals surface area contributed by atoms with E-state index >= 15 is 0 Å². The molecule has 0 aliphatic carbocycles. The van der Waals surface area contributed by atoms with E-state index in [2.05, 4.69) is 31.5 Å². The molecule has 0 aromatic carbocycles. The van der Waals surface area contributed by atoms with Gasteiger partial charge < -0.3 is 35.6 Å². The molecule has 1 aromatic rings. The van der Waals surface area contributed by atoms with Crippen molar-refractivity contribution in [1.29, 1.82) is 0 Å². The van der Waals surface area contributed by atoms with Crippen molar-refractivity contribution >= 4 is 35.5 Å². The van der Waals surface area contributed by atoms with Gasteiger partial charge in [0, 0.05) is 60.8 Å². The number of carbonyl (C=O) groups excluding carboxylic acids is 3. The Hall–Kier alpha value is -3.08. The van der Waals surface area contributed by atoms with Gasteiger partial charge in [-0.1, -0.05) is 6.92 Å². The summed E-state index contributed by atoms with van der Waals surface area (Å²) in [7, 11) is 0. The fraction of sp³-hybridized carbons (Fsp3) is 0.720. The first-order valence-electron chi connectivity index (χ1n) is 14.0. The third-order valence-electron chi connectivity index (χ3n) is 8.23. The number of aromatic nitrogens is 4. The van der Waals surface area contributed by atoms with Gasteiger partial charge in [0.25, 0.3) is 0 Å². The maximum atomic E-state index is 13.4. The first-order chi connectivity index (χ1) is 19.6. The topological polar surface area (TPSA) is 184 Å². The molecule has 3 saturated heterocycles. The van der Waals surface area contributed by atoms with Crippen LogP contribution in [0.4, 0.5) is 0 Å². The van der Waals surface area contributed by atoms with Crippen molar-refractivity contribution in [3.63, 3.8) is 0 Å². The Kier molecular flexibility index (Phi) is 8.91. The van der Waals surface area contributed by atoms with E-state index in [1.165, 1.54) is 27.7 Å². The fourth-order valence-corrected chi connectivity index (χ4v) is 7.60. The highest BCUT2D eigenvalue weighted by Crippen LogP contribution is 2.44. The molecular weight excluding hydrogens is 554 g/mol. The maximum Gasteiger partial charge on any atom is 0.353 e. The number of tetrazole rings is 1. The molecule has 4 aliphatic rings. The third-order valence-corrected chi connectivity index (χ3v) is 9.74. The van der Waals surface area contributed by atoms with Crippen LogP contribution in [0.15, 0.2) is 16.9 Å². The van der Waals surface area contributed by atoms with Crippen molar-refractivity contribution in [1.82, 2.24) is 46.0 Å². The number of morpholine rings is 1. The zero-order valence-electron chi connectivity index (χ0n) is 23.4. The molecule has 7 atom stereocenters. The second-order valence-electron chi connectivity index (χ2n) is 11.1. The molecule has 5 rings (SSSR count). The van der Waals surface area contributed by atoms with E-state index in [4.69, 9.17) is 4.74 Å². The largest absolute Gasteiger partial charge is 0.477 e. The highest BCUT2D eigenvalue weighted by Gasteiger charge is 2.46. The van der Waals surface area contributed by atoms with Crippen molar-refractivity contribution in [2.24, 2.45) is 5.92 Å². The normalized spacial score (nSPS) is 30.4. The molecule has 0 spiro atoms. The standard InChI is InChI=1S/C25H37N9O6S/c1-13(29-20(35)11-32-12-28-30-31-32)6-21(36)34-15(3)14(2)23(22(34)25(38)39)41-16-7-17(27-8-16)24(37)33-4-5-40-19-10-26-9-18(19)33/h12-19,26-27H,4-11H2,1-3H3,(H,29,35)(H,38,39)/t13-,14-,15+,16+,17+,18-,19+/m1/s1. The van der Waals surface area contributed by atoms with Crippen molar-refractivity contribution in [3.8, 4) is 0 Å². The first kappa shape index (κ1) is 29.4. The van der Waals surface area contributed by atoms with Gasteiger partial charge in [-0.2, -0.15) is 0 Å². The van der Waals surface area contributed by atoms with Gasteiger partial charge in [-0.15, -0.1) is 16.9 Å². The summed E-state index contributed by atoms with van der Waals surface area (Å²) in [6, 6.07) is -1.20. The summed E-state index contributed by atoms with van der Waals surface area (Å²) < 4.78 is 7.07. The summed E-state index contributed by atoms with van der Waals surface area (Å²) in [5.74, 6) is -2.04. The van der Waals surface area contributed by atoms with Crippen molar-refractivity contribution in [2.75, 3.05) is 32.8 Å². The Balaban J connectivity index is 1.21. The number of nitrogens with one attached hydrogen (secondary N) is 3. The summed E-state index contributed by atoms with van der Waals surface area (Å²) in [4.78, 5) is 55.4. The molecule has 0 radical (unpaired) electrons. The molecule has 5 heterocycles. The lowest BCUT2D eigenvalue weighted by atomic mass is 10.1. The van der Waals surface area contributed by atoms with Crippen LogP contribution in [0.25, 0.3) is 0 Å². The molecule has 4 aliphatic heterocycles. The molecule has 224 valence electrons. The van der Waals surface area contributed by atoms with Crippen LogP contribution in [-0.4, -0.2) is 127 Å². The summed E-state index contributed by atoms with van der Waals surface area (Å²) >= 11 is 1.45. The van der Waals surface area contributed by atoms with Gasteiger partial charge >= 0.3 is 5.97 Å². The lowest BCUT2D eigenvalue weighted by Crippen LogP contribution is -2.57. The number of ether oxygens (including phenoxy) is 1. The van der Waals surface area contributed by atoms with Gasteiger partial charge in [0.1, 0.15) is 18.6 Å². The number of amides is 3. The van der Waals surface area contributed by atoms with Gasteiger partial charge in [-0.3, -0.25) is 14.4 Å². The van der Waals surface area contributed by atoms with Gasteiger partial charge in [-0.25, -0.2) is 9.48 Å². The summed E-state index contributed by atoms with van der Waals surface area (Å²) in [6.45, 7) is 8.48. The smallest absolute Gasteiger partial charge is 0.353 e. The number of rotatable bonds is 9. The molecule has 3 amide bonds. The van der Waals surface area contributed by atoms with E-state index in [1.807, 2.05) is 18.7 Å². The van der Waals surface area contributed by atoms with Gasteiger partial charge in [0.2, 0.25) is 17.7 Å². The zero-order chi connectivity index (χ0) is 29.3. The molecule has 0 saturated carbocycles. The zero-order valence-corrected chi connectivity index (χ0v) is 24.2. The Morgan fingerprint density at radius 2 is 2.05 bits per heavy atom. The van der Waals surface area contributed by atoms with Crippen molar-refractivity contribution in [3.05, 3.63) is 16.9 Å². The minimum absolute atomic E-state index is 0.0129. The summed E-state index contributed by atoms with van der Waals surface area (Å²) in [5.41, 5.74) is -0.0185. The predicted molar refractivity (Wildman–Crippen MR) is 146 cm³/mol. The number of aliphatic carboxylic acids is 1. The summed E-state index contributed by atoms with van der Waals surface area (Å²) in [6.07, 6.45) is 1.84. The van der Waals surface area contributed by atoms with Gasteiger partial charge in [0.05, 0.1) is 24.8 Å². The molecule has 1 aromatic heterocycles. The highest BCUT2D eigenvalue weighted by atomic mass is 32.2. The Labute approximate surface area is 241 Å². The predicted octanol–water partition coefficient (Wildman–Crippen LogP) is -1.61. The molecule has 3 fully saturated rings. The minimum Gasteiger partial charge on any atom is -0.477 e. The van der Waals surface area contributed by atoms with Crippen LogP contribution < -0.4 is 16.0 Å². The fourth-order valence-electron chi connectivity index (χ4n) is 6.06. The van der Waals surface area contributed by atoms with E-state index < -0.39 is 12.0 Å². The number of carbonyl (C=O) groups is 4. The van der Waals surface area contributed by atoms with Crippen molar-refractivity contribution in [2.45, 2.75) is 75.7 Å². The second-order valence-corrected chi connectivity index (χ2v) is 12.4. The van der Waals surface area contributed by atoms with Gasteiger partial charge in [0.15, 0.2) is 0 Å². The number of carboxylic acids is 1. The molecule has 15 nitrogen and oxygen atoms in total. The number of thioether (sulfide) groups is 1. The summed E-state index contributed by atoms with van der Waals surface area (Å²) in [5, 5.41) is 30.2. The first-order valence-corrected chi connectivity index (χ1v) is 14.8. The molecule has 0 unspecified atom stereocenters. The average Bonchev–Trinajstić information content (AvgIpc) is 3.73. The van der Waals surface area contributed by atoms with Crippen LogP contribution in [0, 0.1) is 5.92 Å². The van der Waals surface area contributed by atoms with Crippen LogP contribution >= 0.6 is 11.8 Å². The van der Waals surface area contributed by atoms with Crippen LogP contribution in [-0.2, 0) is 30.5 Å². The number of nitrogens with zero attached hydrogens (tertiary/aromatic N) is 6. The second kappa shape index (κ2) is 12.4. The monoisotopic (exact) mass is 591 g/mol.